The predicted molar refractivity (Wildman–Crippen MR) is 89.4 cm³/mol. The highest BCUT2D eigenvalue weighted by Gasteiger charge is 2.14. The fraction of sp³-hybridized carbons (Fsp3) is 0.412. The Labute approximate surface area is 130 Å². The highest BCUT2D eigenvalue weighted by molar-refractivity contribution is 7.17. The van der Waals surface area contributed by atoms with Crippen LogP contribution < -0.4 is 0 Å². The number of benzene rings is 1. The van der Waals surface area contributed by atoms with Crippen LogP contribution in [0.25, 0.3) is 10.6 Å². The zero-order valence-electron chi connectivity index (χ0n) is 13.5. The van der Waals surface area contributed by atoms with Gasteiger partial charge in [-0.05, 0) is 36.6 Å². The fourth-order valence-electron chi connectivity index (χ4n) is 2.00. The van der Waals surface area contributed by atoms with Gasteiger partial charge in [0, 0.05) is 12.5 Å². The van der Waals surface area contributed by atoms with Crippen LogP contribution in [0.15, 0.2) is 18.2 Å². The Morgan fingerprint density at radius 2 is 1.90 bits per heavy atom. The number of hydrogen-bond acceptors (Lipinski definition) is 4. The number of aromatic nitrogens is 1. The molecule has 0 amide bonds. The Morgan fingerprint density at radius 3 is 2.38 bits per heavy atom. The topological polar surface area (TPSA) is 50.2 Å². The Hall–Kier alpha value is -1.68. The van der Waals surface area contributed by atoms with Gasteiger partial charge in [0.1, 0.15) is 10.8 Å². The molecule has 0 spiro atoms. The van der Waals surface area contributed by atoms with Gasteiger partial charge in [0.25, 0.3) is 0 Å². The van der Waals surface area contributed by atoms with Crippen molar-refractivity contribution in [1.29, 1.82) is 0 Å². The van der Waals surface area contributed by atoms with E-state index in [4.69, 9.17) is 0 Å². The molecule has 0 aliphatic carbocycles. The van der Waals surface area contributed by atoms with Crippen LogP contribution in [0.5, 0.6) is 5.75 Å². The molecule has 114 valence electrons. The van der Waals surface area contributed by atoms with Crippen LogP contribution in [0.2, 0.25) is 0 Å². The van der Waals surface area contributed by atoms with E-state index in [9.17, 15) is 9.90 Å². The average Bonchev–Trinajstić information content (AvgIpc) is 2.83. The number of ketones is 1. The van der Waals surface area contributed by atoms with Crippen LogP contribution >= 0.6 is 11.3 Å². The van der Waals surface area contributed by atoms with E-state index in [1.54, 1.807) is 13.0 Å². The molecule has 1 N–H and O–H groups in total. The van der Waals surface area contributed by atoms with Crippen LogP contribution in [0, 0.1) is 6.92 Å². The molecule has 0 bridgehead atoms. The molecule has 1 aromatic carbocycles. The Bertz CT molecular complexity index is 630. The van der Waals surface area contributed by atoms with Gasteiger partial charge in [-0.2, -0.15) is 0 Å². The lowest BCUT2D eigenvalue weighted by molar-refractivity contribution is 0.102. The zero-order chi connectivity index (χ0) is 16.2. The van der Waals surface area contributed by atoms with Crippen LogP contribution in [0.3, 0.4) is 0 Å². The molecule has 2 rings (SSSR count). The summed E-state index contributed by atoms with van der Waals surface area (Å²) in [5.41, 5.74) is 2.61. The van der Waals surface area contributed by atoms with Crippen molar-refractivity contribution in [3.8, 4) is 16.3 Å². The van der Waals surface area contributed by atoms with Gasteiger partial charge < -0.3 is 5.11 Å². The number of phenolic OH excluding ortho intramolecular Hbond substituents is 1. The lowest BCUT2D eigenvalue weighted by atomic mass is 10.00. The van der Waals surface area contributed by atoms with E-state index in [0.29, 0.717) is 10.6 Å². The molecule has 2 aromatic rings. The summed E-state index contributed by atoms with van der Waals surface area (Å²) in [5, 5.41) is 10.7. The van der Waals surface area contributed by atoms with Gasteiger partial charge in [0.2, 0.25) is 0 Å². The summed E-state index contributed by atoms with van der Waals surface area (Å²) in [7, 11) is 0. The first-order chi connectivity index (χ1) is 9.90. The van der Waals surface area contributed by atoms with Crippen molar-refractivity contribution >= 4 is 17.1 Å². The monoisotopic (exact) mass is 305 g/mol. The quantitative estimate of drug-likeness (QED) is 0.795. The number of carbonyl (C=O) groups excluding carboxylic acids is 1. The van der Waals surface area contributed by atoms with Crippen LogP contribution in [-0.4, -0.2) is 15.9 Å². The number of Topliss-reactive ketones (excluding diaryl/α,β-unsaturated/α-hetero) is 1. The van der Waals surface area contributed by atoms with Crippen LogP contribution in [0.4, 0.5) is 0 Å². The van der Waals surface area contributed by atoms with Gasteiger partial charge in [0.15, 0.2) is 5.78 Å². The Morgan fingerprint density at radius 1 is 1.29 bits per heavy atom. The summed E-state index contributed by atoms with van der Waals surface area (Å²) in [6.45, 7) is 11.5. The minimum atomic E-state index is 0.0455. The minimum absolute atomic E-state index is 0.0455. The third-order valence-corrected chi connectivity index (χ3v) is 4.32. The molecule has 0 aliphatic rings. The summed E-state index contributed by atoms with van der Waals surface area (Å²) in [4.78, 5) is 16.6. The molecule has 4 heteroatoms. The SMILES string of the molecule is CC.CC(=O)c1sc(-c2ccc(O)c(C(C)C)c2)nc1C. The first-order valence-corrected chi connectivity index (χ1v) is 8.03. The molecule has 0 atom stereocenters. The van der Waals surface area contributed by atoms with Crippen LogP contribution in [-0.2, 0) is 0 Å². The molecule has 0 radical (unpaired) electrons. The second kappa shape index (κ2) is 7.36. The fourth-order valence-corrected chi connectivity index (χ4v) is 2.95. The molecule has 0 unspecified atom stereocenters. The molecule has 21 heavy (non-hydrogen) atoms. The average molecular weight is 305 g/mol. The number of carbonyl (C=O) groups is 1. The predicted octanol–water partition coefficient (Wildman–Crippen LogP) is 5.18. The maximum absolute atomic E-state index is 11.5. The van der Waals surface area contributed by atoms with E-state index in [0.717, 1.165) is 21.8 Å². The maximum atomic E-state index is 11.5. The lowest BCUT2D eigenvalue weighted by Crippen LogP contribution is -1.89. The molecule has 0 fully saturated rings. The van der Waals surface area contributed by atoms with E-state index in [-0.39, 0.29) is 11.7 Å². The highest BCUT2D eigenvalue weighted by Crippen LogP contribution is 2.33. The number of rotatable bonds is 3. The van der Waals surface area contributed by atoms with E-state index in [2.05, 4.69) is 4.98 Å². The van der Waals surface area contributed by atoms with Gasteiger partial charge in [-0.15, -0.1) is 11.3 Å². The van der Waals surface area contributed by atoms with Gasteiger partial charge in [-0.3, -0.25) is 4.79 Å². The third-order valence-electron chi connectivity index (χ3n) is 3.01. The van der Waals surface area contributed by atoms with E-state index >= 15 is 0 Å². The molecule has 0 saturated heterocycles. The van der Waals surface area contributed by atoms with E-state index < -0.39 is 0 Å². The first-order valence-electron chi connectivity index (χ1n) is 7.21. The third kappa shape index (κ3) is 3.91. The molecule has 1 aromatic heterocycles. The zero-order valence-corrected chi connectivity index (χ0v) is 14.3. The van der Waals surface area contributed by atoms with Crippen molar-refractivity contribution in [3.05, 3.63) is 34.3 Å². The molecule has 1 heterocycles. The lowest BCUT2D eigenvalue weighted by Gasteiger charge is -2.09. The van der Waals surface area contributed by atoms with Crippen molar-refractivity contribution < 1.29 is 9.90 Å². The summed E-state index contributed by atoms with van der Waals surface area (Å²) >= 11 is 1.40. The molecule has 0 saturated carbocycles. The summed E-state index contributed by atoms with van der Waals surface area (Å²) in [6, 6.07) is 5.47. The number of phenols is 1. The van der Waals surface area contributed by atoms with E-state index in [1.807, 2.05) is 46.8 Å². The summed E-state index contributed by atoms with van der Waals surface area (Å²) < 4.78 is 0. The van der Waals surface area contributed by atoms with Gasteiger partial charge >= 0.3 is 0 Å². The van der Waals surface area contributed by atoms with Crippen molar-refractivity contribution in [2.75, 3.05) is 0 Å². The van der Waals surface area contributed by atoms with Crippen LogP contribution in [0.1, 0.15) is 61.5 Å². The number of thiazole rings is 1. The van der Waals surface area contributed by atoms with Crippen molar-refractivity contribution in [2.24, 2.45) is 0 Å². The number of hydrogen-bond donors (Lipinski definition) is 1. The maximum Gasteiger partial charge on any atom is 0.171 e. The van der Waals surface area contributed by atoms with E-state index in [1.165, 1.54) is 11.3 Å². The summed E-state index contributed by atoms with van der Waals surface area (Å²) in [5.74, 6) is 0.594. The van der Waals surface area contributed by atoms with Crippen molar-refractivity contribution in [2.45, 2.75) is 47.5 Å². The number of aromatic hydroxyl groups is 1. The number of aryl methyl sites for hydroxylation is 1. The molecule has 0 aliphatic heterocycles. The summed E-state index contributed by atoms with van der Waals surface area (Å²) in [6.07, 6.45) is 0. The van der Waals surface area contributed by atoms with Crippen molar-refractivity contribution in [1.82, 2.24) is 4.98 Å². The smallest absolute Gasteiger partial charge is 0.171 e. The second-order valence-corrected chi connectivity index (χ2v) is 5.92. The van der Waals surface area contributed by atoms with Crippen molar-refractivity contribution in [3.63, 3.8) is 0 Å². The normalized spacial score (nSPS) is 10.2. The Balaban J connectivity index is 0.00000106. The van der Waals surface area contributed by atoms with Gasteiger partial charge in [-0.25, -0.2) is 4.98 Å². The van der Waals surface area contributed by atoms with Gasteiger partial charge in [0.05, 0.1) is 10.6 Å². The highest BCUT2D eigenvalue weighted by atomic mass is 32.1. The minimum Gasteiger partial charge on any atom is -0.508 e. The molecular weight excluding hydrogens is 282 g/mol. The standard InChI is InChI=1S/C15H17NO2S.C2H6/c1-8(2)12-7-11(5-6-13(12)18)15-16-9(3)14(19-15)10(4)17;1-2/h5-8,18H,1-4H3;1-2H3. The Kier molecular flexibility index (Phi) is 6.09. The van der Waals surface area contributed by atoms with Gasteiger partial charge in [-0.1, -0.05) is 27.7 Å². The first kappa shape index (κ1) is 17.4. The second-order valence-electron chi connectivity index (χ2n) is 4.92. The largest absolute Gasteiger partial charge is 0.508 e. The number of nitrogens with zero attached hydrogens (tertiary/aromatic N) is 1. The molecule has 3 nitrogen and oxygen atoms in total. The molecular formula is C17H23NO2S.